The number of aryl methyl sites for hydroxylation is 1. The fraction of sp³-hybridized carbons (Fsp3) is 0.125. The number of aromatic nitrogens is 1. The minimum Gasteiger partial charge on any atom is -0.384 e. The summed E-state index contributed by atoms with van der Waals surface area (Å²) in [6, 6.07) is 6.86. The number of amides is 1. The predicted molar refractivity (Wildman–Crippen MR) is 82.3 cm³/mol. The van der Waals surface area contributed by atoms with Crippen LogP contribution in [0, 0.1) is 18.8 Å². The van der Waals surface area contributed by atoms with Gasteiger partial charge in [0.15, 0.2) is 0 Å². The van der Waals surface area contributed by atoms with Crippen LogP contribution in [0.1, 0.15) is 21.5 Å². The maximum atomic E-state index is 12.3. The zero-order valence-corrected chi connectivity index (χ0v) is 12.1. The Morgan fingerprint density at radius 1 is 1.43 bits per heavy atom. The Labute approximate surface area is 127 Å². The number of nitrogens with one attached hydrogen (secondary N) is 1. The van der Waals surface area contributed by atoms with Crippen LogP contribution >= 0.6 is 11.6 Å². The first kappa shape index (κ1) is 15.0. The molecular weight excluding hydrogens is 288 g/mol. The summed E-state index contributed by atoms with van der Waals surface area (Å²) >= 11 is 5.93. The molecule has 1 aromatic carbocycles. The summed E-state index contributed by atoms with van der Waals surface area (Å²) in [4.78, 5) is 16.3. The largest absolute Gasteiger partial charge is 0.384 e. The van der Waals surface area contributed by atoms with Gasteiger partial charge in [0.25, 0.3) is 5.91 Å². The Morgan fingerprint density at radius 3 is 3.00 bits per heavy atom. The molecular formula is C16H13ClN2O2. The van der Waals surface area contributed by atoms with Crippen LogP contribution in [0.4, 0.5) is 5.69 Å². The van der Waals surface area contributed by atoms with Crippen molar-refractivity contribution in [3.8, 4) is 11.8 Å². The average Bonchev–Trinajstić information content (AvgIpc) is 2.49. The molecule has 4 nitrogen and oxygen atoms in total. The van der Waals surface area contributed by atoms with E-state index in [2.05, 4.69) is 22.1 Å². The molecule has 0 saturated carbocycles. The van der Waals surface area contributed by atoms with E-state index >= 15 is 0 Å². The van der Waals surface area contributed by atoms with Gasteiger partial charge in [-0.1, -0.05) is 29.5 Å². The van der Waals surface area contributed by atoms with Gasteiger partial charge in [-0.05, 0) is 30.7 Å². The molecule has 0 aliphatic rings. The molecule has 0 spiro atoms. The van der Waals surface area contributed by atoms with Crippen molar-refractivity contribution in [3.63, 3.8) is 0 Å². The van der Waals surface area contributed by atoms with Gasteiger partial charge in [-0.3, -0.25) is 9.78 Å². The zero-order chi connectivity index (χ0) is 15.2. The standard InChI is InChI=1S/C16H13ClN2O2/c1-11-4-5-13(17)9-15(11)19-16(21)14-6-7-18-10-12(14)3-2-8-20/h4-7,9-10,20H,8H2,1H3,(H,19,21). The van der Waals surface area contributed by atoms with Crippen LogP contribution in [0.25, 0.3) is 0 Å². The second kappa shape index (κ2) is 6.89. The maximum absolute atomic E-state index is 12.3. The number of aliphatic hydroxyl groups is 1. The van der Waals surface area contributed by atoms with E-state index in [1.807, 2.05) is 13.0 Å². The van der Waals surface area contributed by atoms with E-state index in [4.69, 9.17) is 16.7 Å². The van der Waals surface area contributed by atoms with Crippen LogP contribution in [0.5, 0.6) is 0 Å². The van der Waals surface area contributed by atoms with Crippen molar-refractivity contribution in [1.29, 1.82) is 0 Å². The van der Waals surface area contributed by atoms with Gasteiger partial charge in [0.2, 0.25) is 0 Å². The minimum atomic E-state index is -0.301. The summed E-state index contributed by atoms with van der Waals surface area (Å²) < 4.78 is 0. The lowest BCUT2D eigenvalue weighted by molar-refractivity contribution is 0.102. The molecule has 0 saturated heterocycles. The number of rotatable bonds is 2. The van der Waals surface area contributed by atoms with E-state index in [-0.39, 0.29) is 12.5 Å². The number of pyridine rings is 1. The van der Waals surface area contributed by atoms with Crippen molar-refractivity contribution in [2.24, 2.45) is 0 Å². The second-order valence-electron chi connectivity index (χ2n) is 4.29. The lowest BCUT2D eigenvalue weighted by atomic mass is 10.1. The first-order valence-electron chi connectivity index (χ1n) is 6.23. The van der Waals surface area contributed by atoms with Crippen LogP contribution < -0.4 is 5.32 Å². The van der Waals surface area contributed by atoms with Crippen molar-refractivity contribution in [2.75, 3.05) is 11.9 Å². The third kappa shape index (κ3) is 3.82. The molecule has 1 amide bonds. The summed E-state index contributed by atoms with van der Waals surface area (Å²) in [6.07, 6.45) is 3.01. The Kier molecular flexibility index (Phi) is 4.94. The molecule has 0 bridgehead atoms. The molecule has 0 aliphatic carbocycles. The third-order valence-electron chi connectivity index (χ3n) is 2.82. The molecule has 0 unspecified atom stereocenters. The number of halogens is 1. The molecule has 106 valence electrons. The maximum Gasteiger partial charge on any atom is 0.257 e. The quantitative estimate of drug-likeness (QED) is 0.838. The normalized spacial score (nSPS) is 9.67. The van der Waals surface area contributed by atoms with Gasteiger partial charge in [0.05, 0.1) is 11.1 Å². The summed E-state index contributed by atoms with van der Waals surface area (Å²) in [5.41, 5.74) is 2.41. The molecule has 5 heteroatoms. The van der Waals surface area contributed by atoms with E-state index in [1.165, 1.54) is 12.4 Å². The Hall–Kier alpha value is -2.35. The van der Waals surface area contributed by atoms with Gasteiger partial charge in [-0.2, -0.15) is 0 Å². The lowest BCUT2D eigenvalue weighted by Gasteiger charge is -2.09. The monoisotopic (exact) mass is 300 g/mol. The van der Waals surface area contributed by atoms with E-state index in [9.17, 15) is 4.79 Å². The Morgan fingerprint density at radius 2 is 2.24 bits per heavy atom. The molecule has 0 radical (unpaired) electrons. The lowest BCUT2D eigenvalue weighted by Crippen LogP contribution is -2.14. The Balaban J connectivity index is 2.31. The van der Waals surface area contributed by atoms with E-state index in [0.717, 1.165) is 5.56 Å². The van der Waals surface area contributed by atoms with Crippen LogP contribution in [0.2, 0.25) is 5.02 Å². The van der Waals surface area contributed by atoms with Gasteiger partial charge < -0.3 is 10.4 Å². The minimum absolute atomic E-state index is 0.274. The van der Waals surface area contributed by atoms with Crippen LogP contribution in [-0.4, -0.2) is 22.6 Å². The number of anilines is 1. The molecule has 0 atom stereocenters. The van der Waals surface area contributed by atoms with Gasteiger partial charge in [-0.25, -0.2) is 0 Å². The van der Waals surface area contributed by atoms with Crippen LogP contribution in [0.15, 0.2) is 36.7 Å². The number of hydrogen-bond acceptors (Lipinski definition) is 3. The first-order chi connectivity index (χ1) is 10.1. The molecule has 1 heterocycles. The highest BCUT2D eigenvalue weighted by molar-refractivity contribution is 6.31. The van der Waals surface area contributed by atoms with Gasteiger partial charge in [0, 0.05) is 23.1 Å². The fourth-order valence-electron chi connectivity index (χ4n) is 1.75. The molecule has 2 N–H and O–H groups in total. The molecule has 2 rings (SSSR count). The highest BCUT2D eigenvalue weighted by atomic mass is 35.5. The SMILES string of the molecule is Cc1ccc(Cl)cc1NC(=O)c1ccncc1C#CCO. The van der Waals surface area contributed by atoms with E-state index in [1.54, 1.807) is 18.2 Å². The van der Waals surface area contributed by atoms with E-state index in [0.29, 0.717) is 21.8 Å². The summed E-state index contributed by atoms with van der Waals surface area (Å²) in [6.45, 7) is 1.61. The third-order valence-corrected chi connectivity index (χ3v) is 3.05. The fourth-order valence-corrected chi connectivity index (χ4v) is 1.92. The van der Waals surface area contributed by atoms with E-state index < -0.39 is 0 Å². The van der Waals surface area contributed by atoms with Gasteiger partial charge >= 0.3 is 0 Å². The van der Waals surface area contributed by atoms with Crippen molar-refractivity contribution in [3.05, 3.63) is 58.4 Å². The summed E-state index contributed by atoms with van der Waals surface area (Å²) in [5, 5.41) is 12.1. The van der Waals surface area contributed by atoms with Crippen molar-refractivity contribution in [1.82, 2.24) is 4.98 Å². The smallest absolute Gasteiger partial charge is 0.257 e. The molecule has 0 aliphatic heterocycles. The highest BCUT2D eigenvalue weighted by Crippen LogP contribution is 2.21. The van der Waals surface area contributed by atoms with Crippen LogP contribution in [0.3, 0.4) is 0 Å². The average molecular weight is 301 g/mol. The Bertz CT molecular complexity index is 733. The van der Waals surface area contributed by atoms with Crippen molar-refractivity contribution >= 4 is 23.2 Å². The molecule has 2 aromatic rings. The van der Waals surface area contributed by atoms with Gasteiger partial charge in [0.1, 0.15) is 6.61 Å². The summed E-state index contributed by atoms with van der Waals surface area (Å²) in [5.74, 6) is 4.91. The van der Waals surface area contributed by atoms with Crippen LogP contribution in [-0.2, 0) is 0 Å². The zero-order valence-electron chi connectivity index (χ0n) is 11.4. The molecule has 1 aromatic heterocycles. The number of nitrogens with zero attached hydrogens (tertiary/aromatic N) is 1. The second-order valence-corrected chi connectivity index (χ2v) is 4.73. The molecule has 0 fully saturated rings. The number of aliphatic hydroxyl groups excluding tert-OH is 1. The number of benzene rings is 1. The van der Waals surface area contributed by atoms with Crippen molar-refractivity contribution in [2.45, 2.75) is 6.92 Å². The number of carbonyl (C=O) groups is 1. The predicted octanol–water partition coefficient (Wildman–Crippen LogP) is 2.64. The highest BCUT2D eigenvalue weighted by Gasteiger charge is 2.11. The van der Waals surface area contributed by atoms with Crippen molar-refractivity contribution < 1.29 is 9.90 Å². The first-order valence-corrected chi connectivity index (χ1v) is 6.61. The molecule has 21 heavy (non-hydrogen) atoms. The van der Waals surface area contributed by atoms with Gasteiger partial charge in [-0.15, -0.1) is 0 Å². The number of hydrogen-bond donors (Lipinski definition) is 2. The topological polar surface area (TPSA) is 62.2 Å². The summed E-state index contributed by atoms with van der Waals surface area (Å²) in [7, 11) is 0. The number of carbonyl (C=O) groups excluding carboxylic acids is 1.